The number of fused-ring (bicyclic) bond motifs is 1. The van der Waals surface area contributed by atoms with E-state index in [1.807, 2.05) is 12.4 Å². The minimum atomic E-state index is 1.08. The predicted octanol–water partition coefficient (Wildman–Crippen LogP) is 3.06. The van der Waals surface area contributed by atoms with Crippen molar-refractivity contribution in [3.8, 4) is 0 Å². The third kappa shape index (κ3) is 0.859. The van der Waals surface area contributed by atoms with Gasteiger partial charge < -0.3 is 0 Å². The van der Waals surface area contributed by atoms with Crippen molar-refractivity contribution >= 4 is 37.4 Å². The van der Waals surface area contributed by atoms with E-state index in [9.17, 15) is 0 Å². The highest BCUT2D eigenvalue weighted by molar-refractivity contribution is 9.10. The van der Waals surface area contributed by atoms with Crippen LogP contribution in [-0.2, 0) is 0 Å². The quantitative estimate of drug-likeness (QED) is 0.656. The zero-order chi connectivity index (χ0) is 6.97. The maximum Gasteiger partial charge on any atom is 0.0537 e. The normalized spacial score (nSPS) is 10.5. The second kappa shape index (κ2) is 2.32. The van der Waals surface area contributed by atoms with Crippen LogP contribution in [-0.4, -0.2) is 4.98 Å². The molecule has 2 rings (SSSR count). The van der Waals surface area contributed by atoms with Gasteiger partial charge in [0, 0.05) is 22.3 Å². The van der Waals surface area contributed by atoms with Crippen molar-refractivity contribution in [2.75, 3.05) is 0 Å². The summed E-state index contributed by atoms with van der Waals surface area (Å²) in [4.78, 5) is 4.05. The fourth-order valence-electron chi connectivity index (χ4n) is 0.858. The average molecular weight is 214 g/mol. The molecule has 0 atom stereocenters. The summed E-state index contributed by atoms with van der Waals surface area (Å²) in [6, 6.07) is 2.09. The van der Waals surface area contributed by atoms with Gasteiger partial charge in [0.1, 0.15) is 0 Å². The van der Waals surface area contributed by atoms with Crippen molar-refractivity contribution < 1.29 is 0 Å². The van der Waals surface area contributed by atoms with Crippen LogP contribution in [0.15, 0.2) is 28.3 Å². The summed E-state index contributed by atoms with van der Waals surface area (Å²) in [6.07, 6.45) is 3.69. The van der Waals surface area contributed by atoms with E-state index < -0.39 is 0 Å². The molecule has 2 heterocycles. The molecule has 50 valence electrons. The molecule has 0 aliphatic rings. The molecule has 0 spiro atoms. The van der Waals surface area contributed by atoms with Crippen LogP contribution < -0.4 is 0 Å². The monoisotopic (exact) mass is 213 g/mol. The van der Waals surface area contributed by atoms with E-state index in [1.54, 1.807) is 11.3 Å². The van der Waals surface area contributed by atoms with E-state index in [2.05, 4.69) is 32.4 Å². The first kappa shape index (κ1) is 6.31. The van der Waals surface area contributed by atoms with Crippen molar-refractivity contribution in [1.29, 1.82) is 0 Å². The minimum Gasteiger partial charge on any atom is -0.262 e. The molecule has 0 aliphatic carbocycles. The number of thiophene rings is 1. The lowest BCUT2D eigenvalue weighted by Crippen LogP contribution is -1.69. The smallest absolute Gasteiger partial charge is 0.0537 e. The number of nitrogens with zero attached hydrogens (tertiary/aromatic N) is 1. The lowest BCUT2D eigenvalue weighted by molar-refractivity contribution is 1.36. The molecule has 2 aromatic rings. The second-order valence-corrected chi connectivity index (χ2v) is 3.76. The first-order chi connectivity index (χ1) is 4.88. The standard InChI is InChI=1S/C7H4BrNS/c8-6-3-9-4-7-5(6)1-2-10-7/h1-4H. The molecule has 0 unspecified atom stereocenters. The molecule has 3 heteroatoms. The van der Waals surface area contributed by atoms with E-state index in [0.29, 0.717) is 0 Å². The fourth-order valence-corrected chi connectivity index (χ4v) is 2.23. The molecule has 1 nitrogen and oxygen atoms in total. The number of aromatic nitrogens is 1. The molecule has 2 aromatic heterocycles. The summed E-state index contributed by atoms with van der Waals surface area (Å²) in [5, 5.41) is 3.32. The predicted molar refractivity (Wildman–Crippen MR) is 47.3 cm³/mol. The number of hydrogen-bond donors (Lipinski definition) is 0. The number of hydrogen-bond acceptors (Lipinski definition) is 2. The summed E-state index contributed by atoms with van der Waals surface area (Å²) in [7, 11) is 0. The zero-order valence-electron chi connectivity index (χ0n) is 5.04. The molecular weight excluding hydrogens is 210 g/mol. The summed E-state index contributed by atoms with van der Waals surface area (Å²) < 4.78 is 2.31. The molecule has 0 amide bonds. The highest BCUT2D eigenvalue weighted by Gasteiger charge is 1.97. The van der Waals surface area contributed by atoms with E-state index in [-0.39, 0.29) is 0 Å². The second-order valence-electron chi connectivity index (χ2n) is 1.95. The molecule has 0 saturated carbocycles. The van der Waals surface area contributed by atoms with Crippen LogP contribution in [0.4, 0.5) is 0 Å². The SMILES string of the molecule is Brc1cncc2sccc12. The minimum absolute atomic E-state index is 1.08. The molecular formula is C7H4BrNS. The lowest BCUT2D eigenvalue weighted by Gasteiger charge is -1.89. The van der Waals surface area contributed by atoms with E-state index >= 15 is 0 Å². The number of halogens is 1. The summed E-state index contributed by atoms with van der Waals surface area (Å²) >= 11 is 5.13. The first-order valence-corrected chi connectivity index (χ1v) is 4.52. The Balaban J connectivity index is 2.95. The summed E-state index contributed by atoms with van der Waals surface area (Å²) in [5.74, 6) is 0. The van der Waals surface area contributed by atoms with Crippen molar-refractivity contribution in [1.82, 2.24) is 4.98 Å². The van der Waals surface area contributed by atoms with Crippen LogP contribution >= 0.6 is 27.3 Å². The average Bonchev–Trinajstić information content (AvgIpc) is 2.36. The molecule has 0 fully saturated rings. The van der Waals surface area contributed by atoms with Crippen molar-refractivity contribution in [3.05, 3.63) is 28.3 Å². The van der Waals surface area contributed by atoms with Gasteiger partial charge >= 0.3 is 0 Å². The van der Waals surface area contributed by atoms with Crippen molar-refractivity contribution in [3.63, 3.8) is 0 Å². The van der Waals surface area contributed by atoms with Crippen molar-refractivity contribution in [2.24, 2.45) is 0 Å². The number of rotatable bonds is 0. The fraction of sp³-hybridized carbons (Fsp3) is 0. The van der Waals surface area contributed by atoms with Gasteiger partial charge in [-0.3, -0.25) is 4.98 Å². The van der Waals surface area contributed by atoms with E-state index in [0.717, 1.165) is 4.47 Å². The third-order valence-electron chi connectivity index (χ3n) is 1.33. The van der Waals surface area contributed by atoms with Crippen LogP contribution in [0.25, 0.3) is 10.1 Å². The van der Waals surface area contributed by atoms with Crippen LogP contribution in [0.5, 0.6) is 0 Å². The summed E-state index contributed by atoms with van der Waals surface area (Å²) in [6.45, 7) is 0. The maximum absolute atomic E-state index is 4.05. The Hall–Kier alpha value is -0.410. The van der Waals surface area contributed by atoms with Gasteiger partial charge in [0.05, 0.1) is 4.70 Å². The van der Waals surface area contributed by atoms with Gasteiger partial charge in [0.25, 0.3) is 0 Å². The molecule has 0 bridgehead atoms. The topological polar surface area (TPSA) is 12.9 Å². The van der Waals surface area contributed by atoms with Gasteiger partial charge in [0.15, 0.2) is 0 Å². The largest absolute Gasteiger partial charge is 0.262 e. The lowest BCUT2D eigenvalue weighted by atomic mass is 10.3. The van der Waals surface area contributed by atoms with Crippen molar-refractivity contribution in [2.45, 2.75) is 0 Å². The van der Waals surface area contributed by atoms with Gasteiger partial charge in [0.2, 0.25) is 0 Å². The molecule has 0 saturated heterocycles. The third-order valence-corrected chi connectivity index (χ3v) is 2.82. The maximum atomic E-state index is 4.05. The van der Waals surface area contributed by atoms with Crippen LogP contribution in [0.1, 0.15) is 0 Å². The summed E-state index contributed by atoms with van der Waals surface area (Å²) in [5.41, 5.74) is 0. The van der Waals surface area contributed by atoms with Gasteiger partial charge in [-0.15, -0.1) is 11.3 Å². The molecule has 0 N–H and O–H groups in total. The Labute approximate surface area is 70.8 Å². The van der Waals surface area contributed by atoms with Gasteiger partial charge in [-0.1, -0.05) is 0 Å². The number of pyridine rings is 1. The Morgan fingerprint density at radius 3 is 3.10 bits per heavy atom. The Morgan fingerprint density at radius 1 is 1.40 bits per heavy atom. The first-order valence-electron chi connectivity index (χ1n) is 2.84. The van der Waals surface area contributed by atoms with Crippen LogP contribution in [0.3, 0.4) is 0 Å². The Kier molecular flexibility index (Phi) is 1.47. The zero-order valence-corrected chi connectivity index (χ0v) is 7.45. The van der Waals surface area contributed by atoms with E-state index in [1.165, 1.54) is 10.1 Å². The van der Waals surface area contributed by atoms with Gasteiger partial charge in [-0.2, -0.15) is 0 Å². The highest BCUT2D eigenvalue weighted by atomic mass is 79.9. The molecule has 10 heavy (non-hydrogen) atoms. The Bertz CT molecular complexity index is 355. The Morgan fingerprint density at radius 2 is 2.30 bits per heavy atom. The van der Waals surface area contributed by atoms with Gasteiger partial charge in [-0.25, -0.2) is 0 Å². The van der Waals surface area contributed by atoms with Crippen LogP contribution in [0, 0.1) is 0 Å². The van der Waals surface area contributed by atoms with Crippen LogP contribution in [0.2, 0.25) is 0 Å². The molecule has 0 aliphatic heterocycles. The highest BCUT2D eigenvalue weighted by Crippen LogP contribution is 2.26. The molecule has 0 aromatic carbocycles. The molecule has 0 radical (unpaired) electrons. The van der Waals surface area contributed by atoms with Gasteiger partial charge in [-0.05, 0) is 27.4 Å². The van der Waals surface area contributed by atoms with E-state index in [4.69, 9.17) is 0 Å².